The van der Waals surface area contributed by atoms with Crippen molar-refractivity contribution in [3.63, 3.8) is 0 Å². The number of nitriles is 1. The number of amides is 1. The van der Waals surface area contributed by atoms with Gasteiger partial charge in [0.2, 0.25) is 11.8 Å². The number of halogens is 1. The summed E-state index contributed by atoms with van der Waals surface area (Å²) in [5.74, 6) is 0.404. The van der Waals surface area contributed by atoms with Gasteiger partial charge in [0, 0.05) is 25.5 Å². The van der Waals surface area contributed by atoms with E-state index in [9.17, 15) is 14.9 Å². The minimum Gasteiger partial charge on any atom is -0.480 e. The fourth-order valence-corrected chi connectivity index (χ4v) is 5.02. The number of rotatable bonds is 6. The molecule has 0 fully saturated rings. The van der Waals surface area contributed by atoms with Crippen LogP contribution in [0.15, 0.2) is 53.6 Å². The van der Waals surface area contributed by atoms with Crippen molar-refractivity contribution in [3.8, 4) is 23.2 Å². The van der Waals surface area contributed by atoms with Crippen molar-refractivity contribution in [1.82, 2.24) is 19.5 Å². The number of hydrogen-bond acceptors (Lipinski definition) is 7. The molecular weight excluding hydrogens is 506 g/mol. The molecule has 4 aromatic rings. The number of pyridine rings is 1. The molecule has 38 heavy (non-hydrogen) atoms. The summed E-state index contributed by atoms with van der Waals surface area (Å²) >= 11 is 6.22. The number of ether oxygens (including phenoxy) is 1. The maximum atomic E-state index is 14.0. The van der Waals surface area contributed by atoms with E-state index in [4.69, 9.17) is 16.3 Å². The quantitative estimate of drug-likeness (QED) is 0.375. The van der Waals surface area contributed by atoms with Gasteiger partial charge in [0.25, 0.3) is 11.5 Å². The van der Waals surface area contributed by atoms with Crippen LogP contribution in [0.25, 0.3) is 11.3 Å². The number of anilines is 2. The zero-order chi connectivity index (χ0) is 27.1. The molecule has 1 atom stereocenters. The Hall–Kier alpha value is -4.62. The number of fused-ring (bicyclic) bond motifs is 1. The predicted molar refractivity (Wildman–Crippen MR) is 144 cm³/mol. The molecular formula is C27H24ClN7O3. The molecule has 0 radical (unpaired) electrons. The Kier molecular flexibility index (Phi) is 6.38. The molecule has 192 valence electrons. The number of methoxy groups -OCH3 is 1. The molecule has 0 spiro atoms. The largest absolute Gasteiger partial charge is 0.480 e. The van der Waals surface area contributed by atoms with Gasteiger partial charge in [-0.2, -0.15) is 10.2 Å². The van der Waals surface area contributed by atoms with E-state index < -0.39 is 11.6 Å². The molecule has 4 heterocycles. The van der Waals surface area contributed by atoms with Crippen molar-refractivity contribution in [1.29, 1.82) is 5.26 Å². The highest BCUT2D eigenvalue weighted by atomic mass is 35.5. The van der Waals surface area contributed by atoms with Crippen LogP contribution in [0.3, 0.4) is 0 Å². The number of benzene rings is 1. The molecule has 1 aromatic carbocycles. The molecule has 1 aliphatic heterocycles. The van der Waals surface area contributed by atoms with Crippen molar-refractivity contribution in [2.75, 3.05) is 24.4 Å². The monoisotopic (exact) mass is 529 g/mol. The van der Waals surface area contributed by atoms with Gasteiger partial charge in [-0.25, -0.2) is 4.98 Å². The minimum absolute atomic E-state index is 0.0892. The smallest absolute Gasteiger partial charge is 0.272 e. The lowest BCUT2D eigenvalue weighted by Gasteiger charge is -2.28. The first-order valence-corrected chi connectivity index (χ1v) is 12.2. The number of carbonyl (C=O) groups excluding carboxylic acids is 1. The lowest BCUT2D eigenvalue weighted by molar-refractivity contribution is 0.0993. The second-order valence-electron chi connectivity index (χ2n) is 9.00. The van der Waals surface area contributed by atoms with Crippen LogP contribution in [-0.4, -0.2) is 39.6 Å². The summed E-state index contributed by atoms with van der Waals surface area (Å²) in [6.45, 7) is 4.02. The molecule has 3 aromatic heterocycles. The second kappa shape index (κ2) is 9.68. The average molecular weight is 530 g/mol. The third-order valence-corrected chi connectivity index (χ3v) is 6.69. The SMILES string of the molecule is CNc1ncc(-c2cc3c(n2C(C)C)C(c2ccc(C#N)cc2)N(c2cc(Cl)c[nH]c2=O)C3=O)c(OC)n1. The van der Waals surface area contributed by atoms with Crippen molar-refractivity contribution >= 4 is 29.1 Å². The standard InChI is InChI=1S/C27H24ClN7O3/c1-14(2)34-20(19-13-32-27(30-3)33-25(19)38-4)10-18-23(34)22(16-7-5-15(11-29)6-8-16)35(26(18)37)21-9-17(28)12-31-24(21)36/h5-10,12-14,22H,1-4H3,(H,31,36)(H,30,32,33). The topological polar surface area (TPSA) is 129 Å². The maximum Gasteiger partial charge on any atom is 0.272 e. The van der Waals surface area contributed by atoms with Crippen LogP contribution >= 0.6 is 11.6 Å². The van der Waals surface area contributed by atoms with Crippen molar-refractivity contribution < 1.29 is 9.53 Å². The molecule has 0 saturated carbocycles. The first-order chi connectivity index (χ1) is 18.3. The Morgan fingerprint density at radius 2 is 1.92 bits per heavy atom. The fraction of sp³-hybridized carbons (Fsp3) is 0.222. The van der Waals surface area contributed by atoms with E-state index in [1.165, 1.54) is 24.3 Å². The number of nitrogens with zero attached hydrogens (tertiary/aromatic N) is 5. The highest BCUT2D eigenvalue weighted by Gasteiger charge is 2.44. The lowest BCUT2D eigenvalue weighted by Crippen LogP contribution is -2.34. The molecule has 1 aliphatic rings. The van der Waals surface area contributed by atoms with Gasteiger partial charge in [-0.3, -0.25) is 14.5 Å². The number of nitrogens with one attached hydrogen (secondary N) is 2. The van der Waals surface area contributed by atoms with Crippen LogP contribution in [0.2, 0.25) is 5.02 Å². The molecule has 1 amide bonds. The molecule has 2 N–H and O–H groups in total. The number of hydrogen-bond donors (Lipinski definition) is 2. The Morgan fingerprint density at radius 3 is 2.55 bits per heavy atom. The normalized spacial score (nSPS) is 14.5. The van der Waals surface area contributed by atoms with Crippen LogP contribution in [0, 0.1) is 11.3 Å². The summed E-state index contributed by atoms with van der Waals surface area (Å²) in [5, 5.41) is 12.5. The summed E-state index contributed by atoms with van der Waals surface area (Å²) in [4.78, 5) is 39.8. The number of aromatic amines is 1. The zero-order valence-corrected chi connectivity index (χ0v) is 21.9. The van der Waals surface area contributed by atoms with Crippen LogP contribution in [0.5, 0.6) is 5.88 Å². The first kappa shape index (κ1) is 25.0. The number of aromatic nitrogens is 4. The fourth-order valence-electron chi connectivity index (χ4n) is 4.86. The third-order valence-electron chi connectivity index (χ3n) is 6.47. The van der Waals surface area contributed by atoms with Gasteiger partial charge in [-0.05, 0) is 43.7 Å². The van der Waals surface area contributed by atoms with Gasteiger partial charge in [0.1, 0.15) is 11.7 Å². The van der Waals surface area contributed by atoms with E-state index in [0.717, 1.165) is 5.56 Å². The zero-order valence-electron chi connectivity index (χ0n) is 21.1. The number of carbonyl (C=O) groups is 1. The molecule has 1 unspecified atom stereocenters. The van der Waals surface area contributed by atoms with E-state index >= 15 is 0 Å². The van der Waals surface area contributed by atoms with Gasteiger partial charge in [-0.1, -0.05) is 23.7 Å². The Labute approximate surface area is 223 Å². The Bertz CT molecular complexity index is 1650. The highest BCUT2D eigenvalue weighted by molar-refractivity contribution is 6.30. The van der Waals surface area contributed by atoms with E-state index in [2.05, 4.69) is 26.3 Å². The van der Waals surface area contributed by atoms with Crippen LogP contribution in [0.4, 0.5) is 11.6 Å². The van der Waals surface area contributed by atoms with Crippen molar-refractivity contribution in [3.05, 3.63) is 86.6 Å². The third kappa shape index (κ3) is 3.97. The van der Waals surface area contributed by atoms with E-state index in [-0.39, 0.29) is 17.6 Å². The molecule has 11 heteroatoms. The Balaban J connectivity index is 1.80. The van der Waals surface area contributed by atoms with Crippen LogP contribution in [0.1, 0.15) is 53.1 Å². The van der Waals surface area contributed by atoms with Crippen molar-refractivity contribution in [2.24, 2.45) is 0 Å². The van der Waals surface area contributed by atoms with Gasteiger partial charge in [0.15, 0.2) is 0 Å². The number of H-pyrrole nitrogens is 1. The highest BCUT2D eigenvalue weighted by Crippen LogP contribution is 2.46. The predicted octanol–water partition coefficient (Wildman–Crippen LogP) is 4.54. The second-order valence-corrected chi connectivity index (χ2v) is 9.44. The van der Waals surface area contributed by atoms with Crippen molar-refractivity contribution in [2.45, 2.75) is 25.9 Å². The van der Waals surface area contributed by atoms with E-state index in [1.54, 1.807) is 43.6 Å². The van der Waals surface area contributed by atoms with Gasteiger partial charge in [0.05, 0.1) is 46.3 Å². The van der Waals surface area contributed by atoms with Gasteiger partial charge in [-0.15, -0.1) is 0 Å². The van der Waals surface area contributed by atoms with E-state index in [1.807, 2.05) is 18.4 Å². The average Bonchev–Trinajstić information content (AvgIpc) is 3.44. The molecule has 10 nitrogen and oxygen atoms in total. The summed E-state index contributed by atoms with van der Waals surface area (Å²) in [6, 6.07) is 11.6. The van der Waals surface area contributed by atoms with Gasteiger partial charge < -0.3 is 19.6 Å². The van der Waals surface area contributed by atoms with Crippen LogP contribution < -0.4 is 20.5 Å². The van der Waals surface area contributed by atoms with Gasteiger partial charge >= 0.3 is 0 Å². The molecule has 0 saturated heterocycles. The maximum absolute atomic E-state index is 14.0. The Morgan fingerprint density at radius 1 is 1.18 bits per heavy atom. The van der Waals surface area contributed by atoms with E-state index in [0.29, 0.717) is 44.9 Å². The summed E-state index contributed by atoms with van der Waals surface area (Å²) in [7, 11) is 3.24. The van der Waals surface area contributed by atoms with Crippen LogP contribution in [-0.2, 0) is 0 Å². The molecule has 0 bridgehead atoms. The molecule has 5 rings (SSSR count). The lowest BCUT2D eigenvalue weighted by atomic mass is 10.0. The summed E-state index contributed by atoms with van der Waals surface area (Å²) in [6.07, 6.45) is 3.03. The summed E-state index contributed by atoms with van der Waals surface area (Å²) in [5.41, 5.74) is 3.35. The minimum atomic E-state index is -0.663. The first-order valence-electron chi connectivity index (χ1n) is 11.8. The molecule has 0 aliphatic carbocycles. The summed E-state index contributed by atoms with van der Waals surface area (Å²) < 4.78 is 7.61.